The average Bonchev–Trinajstić information content (AvgIpc) is 2.84. The molecule has 0 bridgehead atoms. The molecule has 8 heteroatoms. The molecular weight excluding hydrogens is 506 g/mol. The Hall–Kier alpha value is -2.74. The van der Waals surface area contributed by atoms with Crippen LogP contribution in [0.25, 0.3) is 10.9 Å². The molecular formula is C27H34BrN5O2. The molecule has 0 aliphatic heterocycles. The van der Waals surface area contributed by atoms with Gasteiger partial charge in [-0.25, -0.2) is 4.68 Å². The maximum Gasteiger partial charge on any atom is 0.283 e. The fraction of sp³-hybridized carbons (Fsp3) is 0.481. The second kappa shape index (κ2) is 10.1. The van der Waals surface area contributed by atoms with Gasteiger partial charge in [-0.3, -0.25) is 14.6 Å². The van der Waals surface area contributed by atoms with Gasteiger partial charge < -0.3 is 10.6 Å². The van der Waals surface area contributed by atoms with E-state index in [1.807, 2.05) is 30.3 Å². The number of pyridine rings is 1. The third-order valence-electron chi connectivity index (χ3n) is 8.31. The Bertz CT molecular complexity index is 1280. The Labute approximate surface area is 214 Å². The van der Waals surface area contributed by atoms with Gasteiger partial charge in [0.1, 0.15) is 11.0 Å². The van der Waals surface area contributed by atoms with Crippen molar-refractivity contribution >= 4 is 38.4 Å². The molecule has 2 aromatic heterocycles. The number of fused-ring (bicyclic) bond motifs is 1. The Morgan fingerprint density at radius 2 is 1.94 bits per heavy atom. The fourth-order valence-electron chi connectivity index (χ4n) is 5.14. The first kappa shape index (κ1) is 25.4. The zero-order chi connectivity index (χ0) is 25.3. The topological polar surface area (TPSA) is 88.9 Å². The molecule has 7 nitrogen and oxygen atoms in total. The number of hydrogen-bond donors (Lipinski definition) is 2. The van der Waals surface area contributed by atoms with Crippen molar-refractivity contribution in [1.82, 2.24) is 20.1 Å². The van der Waals surface area contributed by atoms with E-state index in [0.717, 1.165) is 22.9 Å². The second-order valence-corrected chi connectivity index (χ2v) is 11.2. The van der Waals surface area contributed by atoms with Gasteiger partial charge >= 0.3 is 0 Å². The number of nitrogens with zero attached hydrogens (tertiary/aromatic N) is 3. The number of carbonyl (C=O) groups is 1. The van der Waals surface area contributed by atoms with Crippen LogP contribution in [0.4, 0.5) is 5.69 Å². The van der Waals surface area contributed by atoms with Crippen molar-refractivity contribution in [3.63, 3.8) is 0 Å². The van der Waals surface area contributed by atoms with E-state index < -0.39 is 0 Å². The van der Waals surface area contributed by atoms with E-state index in [4.69, 9.17) is 0 Å². The van der Waals surface area contributed by atoms with Crippen LogP contribution in [0.2, 0.25) is 0 Å². The normalized spacial score (nSPS) is 23.7. The molecule has 1 aromatic carbocycles. The van der Waals surface area contributed by atoms with E-state index in [1.54, 1.807) is 12.4 Å². The number of rotatable bonds is 6. The summed E-state index contributed by atoms with van der Waals surface area (Å²) >= 11 is 3.45. The predicted octanol–water partition coefficient (Wildman–Crippen LogP) is 4.99. The number of carbonyl (C=O) groups excluding carboxylic acids is 1. The molecule has 1 saturated carbocycles. The summed E-state index contributed by atoms with van der Waals surface area (Å²) in [5.74, 6) is 1.26. The van der Waals surface area contributed by atoms with Gasteiger partial charge in [-0.05, 0) is 63.2 Å². The van der Waals surface area contributed by atoms with Gasteiger partial charge in [0, 0.05) is 24.2 Å². The van der Waals surface area contributed by atoms with E-state index in [1.165, 1.54) is 4.68 Å². The molecule has 4 atom stereocenters. The first-order valence-corrected chi connectivity index (χ1v) is 13.0. The van der Waals surface area contributed by atoms with Gasteiger partial charge in [0.05, 0.1) is 17.4 Å². The smallest absolute Gasteiger partial charge is 0.283 e. The highest BCUT2D eigenvalue weighted by atomic mass is 79.9. The molecule has 0 spiro atoms. The lowest BCUT2D eigenvalue weighted by molar-refractivity contribution is -0.122. The van der Waals surface area contributed by atoms with Crippen LogP contribution in [-0.2, 0) is 17.9 Å². The monoisotopic (exact) mass is 539 g/mol. The predicted molar refractivity (Wildman–Crippen MR) is 143 cm³/mol. The van der Waals surface area contributed by atoms with Crippen LogP contribution in [0.1, 0.15) is 46.6 Å². The molecule has 1 amide bonds. The summed E-state index contributed by atoms with van der Waals surface area (Å²) in [6.07, 6.45) is 4.39. The molecule has 2 N–H and O–H groups in total. The molecule has 1 fully saturated rings. The summed E-state index contributed by atoms with van der Waals surface area (Å²) in [5, 5.41) is 11.7. The molecule has 3 aromatic rings. The van der Waals surface area contributed by atoms with Crippen LogP contribution in [0, 0.1) is 23.2 Å². The minimum Gasteiger partial charge on any atom is -0.380 e. The highest BCUT2D eigenvalue weighted by Crippen LogP contribution is 2.48. The SMILES string of the molecule is C[C@@H]1[C@@H](C)C(C)(C)[C@@H](C)C[C@H]1Nc1cnn(CC(=O)NCc2ccnc3ccccc23)c(=O)c1Br. The van der Waals surface area contributed by atoms with Gasteiger partial charge in [0.2, 0.25) is 5.91 Å². The molecule has 35 heavy (non-hydrogen) atoms. The zero-order valence-corrected chi connectivity index (χ0v) is 22.6. The van der Waals surface area contributed by atoms with Gasteiger partial charge in [-0.1, -0.05) is 52.8 Å². The summed E-state index contributed by atoms with van der Waals surface area (Å²) in [6, 6.07) is 9.94. The highest BCUT2D eigenvalue weighted by molar-refractivity contribution is 9.10. The molecule has 0 unspecified atom stereocenters. The number of para-hydroxylation sites is 1. The third kappa shape index (κ3) is 5.13. The van der Waals surface area contributed by atoms with E-state index in [2.05, 4.69) is 71.3 Å². The van der Waals surface area contributed by atoms with E-state index in [-0.39, 0.29) is 29.5 Å². The van der Waals surface area contributed by atoms with Crippen molar-refractivity contribution < 1.29 is 4.79 Å². The summed E-state index contributed by atoms with van der Waals surface area (Å²) < 4.78 is 1.59. The molecule has 2 heterocycles. The number of anilines is 1. The number of halogens is 1. The van der Waals surface area contributed by atoms with E-state index in [9.17, 15) is 9.59 Å². The van der Waals surface area contributed by atoms with Gasteiger partial charge in [-0.2, -0.15) is 5.10 Å². The van der Waals surface area contributed by atoms with Crippen LogP contribution in [0.15, 0.2) is 52.0 Å². The second-order valence-electron chi connectivity index (χ2n) is 10.5. The van der Waals surface area contributed by atoms with Crippen LogP contribution in [0.3, 0.4) is 0 Å². The Balaban J connectivity index is 1.42. The number of nitrogens with one attached hydrogen (secondary N) is 2. The van der Waals surface area contributed by atoms with Crippen molar-refractivity contribution in [1.29, 1.82) is 0 Å². The average molecular weight is 541 g/mol. The lowest BCUT2D eigenvalue weighted by Crippen LogP contribution is -2.48. The molecule has 1 aliphatic rings. The largest absolute Gasteiger partial charge is 0.380 e. The van der Waals surface area contributed by atoms with Crippen LogP contribution < -0.4 is 16.2 Å². The number of benzene rings is 1. The maximum absolute atomic E-state index is 13.0. The lowest BCUT2D eigenvalue weighted by Gasteiger charge is -2.50. The molecule has 1 aliphatic carbocycles. The molecule has 0 saturated heterocycles. The van der Waals surface area contributed by atoms with Crippen LogP contribution in [-0.4, -0.2) is 26.7 Å². The standard InChI is InChI=1S/C27H34BrN5O2/c1-16-12-22(17(2)18(3)27(16,4)5)32-23-14-31-33(26(35)25(23)28)15-24(34)30-13-19-10-11-29-21-9-7-6-8-20(19)21/h6-11,14,16-18,22,32H,12-13,15H2,1-5H3,(H,30,34)/t16-,17+,18+,22+/m0/s1. The Morgan fingerprint density at radius 3 is 2.71 bits per heavy atom. The lowest BCUT2D eigenvalue weighted by atomic mass is 9.58. The van der Waals surface area contributed by atoms with E-state index >= 15 is 0 Å². The molecule has 186 valence electrons. The Morgan fingerprint density at radius 1 is 1.20 bits per heavy atom. The van der Waals surface area contributed by atoms with Crippen molar-refractivity contribution in [2.45, 2.75) is 60.2 Å². The first-order chi connectivity index (χ1) is 16.6. The minimum absolute atomic E-state index is 0.150. The van der Waals surface area contributed by atoms with Crippen molar-refractivity contribution in [3.05, 3.63) is 63.1 Å². The quantitative estimate of drug-likeness (QED) is 0.460. The number of hydrogen-bond acceptors (Lipinski definition) is 5. The van der Waals surface area contributed by atoms with Crippen LogP contribution >= 0.6 is 15.9 Å². The van der Waals surface area contributed by atoms with E-state index in [0.29, 0.717) is 34.5 Å². The first-order valence-electron chi connectivity index (χ1n) is 12.2. The third-order valence-corrected chi connectivity index (χ3v) is 9.08. The zero-order valence-electron chi connectivity index (χ0n) is 21.0. The van der Waals surface area contributed by atoms with Gasteiger partial charge in [-0.15, -0.1) is 0 Å². The number of amides is 1. The van der Waals surface area contributed by atoms with Crippen molar-refractivity contribution in [2.24, 2.45) is 23.2 Å². The highest BCUT2D eigenvalue weighted by Gasteiger charge is 2.43. The summed E-state index contributed by atoms with van der Waals surface area (Å²) in [7, 11) is 0. The van der Waals surface area contributed by atoms with Crippen molar-refractivity contribution in [3.8, 4) is 0 Å². The van der Waals surface area contributed by atoms with Crippen molar-refractivity contribution in [2.75, 3.05) is 5.32 Å². The van der Waals surface area contributed by atoms with Gasteiger partial charge in [0.15, 0.2) is 0 Å². The Kier molecular flexibility index (Phi) is 7.31. The minimum atomic E-state index is -0.329. The van der Waals surface area contributed by atoms with Gasteiger partial charge in [0.25, 0.3) is 5.56 Å². The number of aromatic nitrogens is 3. The van der Waals surface area contributed by atoms with Crippen LogP contribution in [0.5, 0.6) is 0 Å². The summed E-state index contributed by atoms with van der Waals surface area (Å²) in [4.78, 5) is 29.9. The maximum atomic E-state index is 13.0. The molecule has 0 radical (unpaired) electrons. The fourth-order valence-corrected chi connectivity index (χ4v) is 5.56. The summed E-state index contributed by atoms with van der Waals surface area (Å²) in [5.41, 5.74) is 2.46. The molecule has 4 rings (SSSR count). The summed E-state index contributed by atoms with van der Waals surface area (Å²) in [6.45, 7) is 11.8.